The maximum atomic E-state index is 14.5. The number of carbonyl (C=O) groups excluding carboxylic acids is 2. The zero-order valence-electron chi connectivity index (χ0n) is 21.6. The predicted octanol–water partition coefficient (Wildman–Crippen LogP) is 7.07. The van der Waals surface area contributed by atoms with Gasteiger partial charge >= 0.3 is 0 Å². The Hall–Kier alpha value is -2.39. The number of ether oxygens (including phenoxy) is 2. The number of benzene rings is 2. The Bertz CT molecular complexity index is 1080. The van der Waals surface area contributed by atoms with Crippen LogP contribution in [0.15, 0.2) is 24.3 Å². The van der Waals surface area contributed by atoms with Gasteiger partial charge in [-0.1, -0.05) is 46.8 Å². The number of rotatable bonds is 8. The molecule has 0 N–H and O–H groups in total. The third-order valence-electron chi connectivity index (χ3n) is 6.29. The molecule has 0 amide bonds. The van der Waals surface area contributed by atoms with Gasteiger partial charge in [-0.25, -0.2) is 0 Å². The molecule has 0 heterocycles. The highest BCUT2D eigenvalue weighted by atomic mass is 31.2. The number of hydrogen-bond donors (Lipinski definition) is 0. The summed E-state index contributed by atoms with van der Waals surface area (Å²) >= 11 is 0. The van der Waals surface area contributed by atoms with Crippen LogP contribution in [0.4, 0.5) is 0 Å². The lowest BCUT2D eigenvalue weighted by molar-refractivity contribution is 0.103. The van der Waals surface area contributed by atoms with E-state index in [0.29, 0.717) is 12.0 Å². The van der Waals surface area contributed by atoms with Crippen molar-refractivity contribution in [1.82, 2.24) is 0 Å². The predicted molar refractivity (Wildman–Crippen MR) is 135 cm³/mol. The molecule has 2 aromatic rings. The maximum absolute atomic E-state index is 14.5. The molecule has 0 fully saturated rings. The van der Waals surface area contributed by atoms with Crippen molar-refractivity contribution in [2.75, 3.05) is 14.2 Å². The lowest BCUT2D eigenvalue weighted by Crippen LogP contribution is -2.22. The molecule has 0 radical (unpaired) electrons. The second kappa shape index (κ2) is 9.85. The molecule has 0 aliphatic heterocycles. The summed E-state index contributed by atoms with van der Waals surface area (Å²) in [5, 5.41) is 0. The van der Waals surface area contributed by atoms with Gasteiger partial charge in [-0.2, -0.15) is 0 Å². The van der Waals surface area contributed by atoms with Gasteiger partial charge in [0.1, 0.15) is 17.1 Å². The van der Waals surface area contributed by atoms with Gasteiger partial charge in [0.05, 0.1) is 14.2 Å². The number of methoxy groups -OCH3 is 2. The zero-order valence-corrected chi connectivity index (χ0v) is 22.5. The van der Waals surface area contributed by atoms with Crippen molar-refractivity contribution >= 4 is 18.2 Å². The molecule has 6 heteroatoms. The minimum atomic E-state index is -4.08. The molecule has 180 valence electrons. The van der Waals surface area contributed by atoms with Gasteiger partial charge in [0.2, 0.25) is 18.2 Å². The average molecular weight is 473 g/mol. The number of carbonyl (C=O) groups is 2. The van der Waals surface area contributed by atoms with Crippen LogP contribution in [0, 0.1) is 20.8 Å². The monoisotopic (exact) mass is 472 g/mol. The Morgan fingerprint density at radius 1 is 0.879 bits per heavy atom. The van der Waals surface area contributed by atoms with E-state index >= 15 is 0 Å². The van der Waals surface area contributed by atoms with Crippen molar-refractivity contribution in [1.29, 1.82) is 0 Å². The molecule has 33 heavy (non-hydrogen) atoms. The Labute approximate surface area is 198 Å². The highest BCUT2D eigenvalue weighted by Gasteiger charge is 2.47. The topological polar surface area (TPSA) is 69.7 Å². The van der Waals surface area contributed by atoms with Gasteiger partial charge in [-0.15, -0.1) is 0 Å². The third kappa shape index (κ3) is 4.94. The Morgan fingerprint density at radius 2 is 1.30 bits per heavy atom. The summed E-state index contributed by atoms with van der Waals surface area (Å²) in [5.41, 5.74) is 1.75. The molecule has 0 saturated carbocycles. The summed E-state index contributed by atoms with van der Waals surface area (Å²) in [6, 6.07) is 7.29. The smallest absolute Gasteiger partial charge is 0.236 e. The van der Waals surface area contributed by atoms with E-state index in [1.807, 2.05) is 39.8 Å². The van der Waals surface area contributed by atoms with E-state index in [9.17, 15) is 14.2 Å². The van der Waals surface area contributed by atoms with Crippen molar-refractivity contribution in [2.24, 2.45) is 0 Å². The van der Waals surface area contributed by atoms with Crippen LogP contribution in [-0.2, 0) is 9.98 Å². The fraction of sp³-hybridized carbons (Fsp3) is 0.481. The molecule has 0 aliphatic carbocycles. The summed E-state index contributed by atoms with van der Waals surface area (Å²) in [6.07, 6.45) is 0.420. The van der Waals surface area contributed by atoms with Crippen LogP contribution in [0.25, 0.3) is 0 Å². The number of hydrogen-bond acceptors (Lipinski definition) is 5. The van der Waals surface area contributed by atoms with Gasteiger partial charge < -0.3 is 14.0 Å². The Morgan fingerprint density at radius 3 is 1.67 bits per heavy atom. The molecular formula is C27H37O5P. The molecule has 0 aliphatic rings. The van der Waals surface area contributed by atoms with Gasteiger partial charge in [0.25, 0.3) is 0 Å². The van der Waals surface area contributed by atoms with E-state index < -0.39 is 23.8 Å². The van der Waals surface area contributed by atoms with Gasteiger partial charge in [0, 0.05) is 11.2 Å². The van der Waals surface area contributed by atoms with Crippen molar-refractivity contribution in [2.45, 2.75) is 72.9 Å². The highest BCUT2D eigenvalue weighted by molar-refractivity contribution is 7.96. The van der Waals surface area contributed by atoms with Crippen molar-refractivity contribution in [3.8, 4) is 11.5 Å². The largest absolute Gasteiger partial charge is 0.496 e. The van der Waals surface area contributed by atoms with Crippen LogP contribution in [0.3, 0.4) is 0 Å². The summed E-state index contributed by atoms with van der Waals surface area (Å²) < 4.78 is 25.4. The SMILES string of the molecule is CCC(C)P(=O)(C(=O)c1c(C)cc(C(C)(C)C)cc1C)C(=O)c1c(OC)cc(C)cc1OC. The molecule has 2 rings (SSSR count). The lowest BCUT2D eigenvalue weighted by Gasteiger charge is -2.26. The van der Waals surface area contributed by atoms with Crippen LogP contribution in [0.2, 0.25) is 0 Å². The molecule has 0 aromatic heterocycles. The van der Waals surface area contributed by atoms with E-state index in [1.54, 1.807) is 19.1 Å². The normalized spacial score (nSPS) is 14.4. The average Bonchev–Trinajstić information content (AvgIpc) is 2.75. The van der Waals surface area contributed by atoms with Gasteiger partial charge in [-0.3, -0.25) is 9.59 Å². The first-order valence-corrected chi connectivity index (χ1v) is 13.0. The van der Waals surface area contributed by atoms with Crippen LogP contribution in [-0.4, -0.2) is 30.9 Å². The Balaban J connectivity index is 2.80. The standard InChI is InChI=1S/C27H37O5P/c1-11-19(5)33(30,26(29)24-21(31-9)12-16(2)13-22(24)32-10)25(28)23-17(3)14-20(15-18(23)4)27(6,7)8/h12-15,19H,11H2,1-10H3. The van der Waals surface area contributed by atoms with E-state index in [0.717, 1.165) is 22.3 Å². The molecule has 0 saturated heterocycles. The van der Waals surface area contributed by atoms with Crippen LogP contribution >= 0.6 is 7.14 Å². The lowest BCUT2D eigenvalue weighted by atomic mass is 9.84. The molecule has 0 bridgehead atoms. The molecule has 5 nitrogen and oxygen atoms in total. The minimum absolute atomic E-state index is 0.0594. The van der Waals surface area contributed by atoms with Gasteiger partial charge in [-0.05, 0) is 67.0 Å². The quantitative estimate of drug-likeness (QED) is 0.384. The highest BCUT2D eigenvalue weighted by Crippen LogP contribution is 2.59. The summed E-state index contributed by atoms with van der Waals surface area (Å²) in [4.78, 5) is 27.9. The summed E-state index contributed by atoms with van der Waals surface area (Å²) in [5.74, 6) is 0.509. The van der Waals surface area contributed by atoms with E-state index in [-0.39, 0.29) is 22.5 Å². The fourth-order valence-electron chi connectivity index (χ4n) is 4.07. The number of aryl methyl sites for hydroxylation is 3. The molecular weight excluding hydrogens is 435 g/mol. The van der Waals surface area contributed by atoms with Crippen LogP contribution in [0.1, 0.15) is 84.0 Å². The maximum Gasteiger partial charge on any atom is 0.236 e. The molecule has 0 spiro atoms. The summed E-state index contributed by atoms with van der Waals surface area (Å²) in [7, 11) is -1.19. The summed E-state index contributed by atoms with van der Waals surface area (Å²) in [6.45, 7) is 15.4. The first-order chi connectivity index (χ1) is 15.2. The Kier molecular flexibility index (Phi) is 8.02. The first kappa shape index (κ1) is 26.9. The third-order valence-corrected chi connectivity index (χ3v) is 9.55. The van der Waals surface area contributed by atoms with Crippen LogP contribution < -0.4 is 9.47 Å². The van der Waals surface area contributed by atoms with E-state index in [1.165, 1.54) is 14.2 Å². The van der Waals surface area contributed by atoms with Crippen molar-refractivity contribution in [3.05, 3.63) is 57.6 Å². The second-order valence-corrected chi connectivity index (χ2v) is 12.8. The van der Waals surface area contributed by atoms with Gasteiger partial charge in [0.15, 0.2) is 0 Å². The molecule has 2 atom stereocenters. The minimum Gasteiger partial charge on any atom is -0.496 e. The molecule has 2 unspecified atom stereocenters. The molecule has 2 aromatic carbocycles. The van der Waals surface area contributed by atoms with Crippen molar-refractivity contribution in [3.63, 3.8) is 0 Å². The second-order valence-electron chi connectivity index (χ2n) is 9.81. The van der Waals surface area contributed by atoms with Crippen molar-refractivity contribution < 1.29 is 23.6 Å². The fourth-order valence-corrected chi connectivity index (χ4v) is 6.81. The van der Waals surface area contributed by atoms with E-state index in [2.05, 4.69) is 20.8 Å². The first-order valence-electron chi connectivity index (χ1n) is 11.3. The zero-order chi connectivity index (χ0) is 25.3. The van der Waals surface area contributed by atoms with E-state index in [4.69, 9.17) is 9.47 Å². The van der Waals surface area contributed by atoms with Crippen LogP contribution in [0.5, 0.6) is 11.5 Å².